The van der Waals surface area contributed by atoms with E-state index in [9.17, 15) is 19.3 Å². The van der Waals surface area contributed by atoms with Crippen molar-refractivity contribution in [3.8, 4) is 5.75 Å². The van der Waals surface area contributed by atoms with Crippen LogP contribution in [0.1, 0.15) is 0 Å². The van der Waals surface area contributed by atoms with Gasteiger partial charge in [-0.3, -0.25) is 10.1 Å². The normalized spacial score (nSPS) is 9.50. The van der Waals surface area contributed by atoms with Crippen LogP contribution in [0.3, 0.4) is 0 Å². The Labute approximate surface area is 78.3 Å². The lowest BCUT2D eigenvalue weighted by Gasteiger charge is -2.01. The predicted molar refractivity (Wildman–Crippen MR) is 44.7 cm³/mol. The van der Waals surface area contributed by atoms with Crippen LogP contribution in [0.15, 0.2) is 24.3 Å². The van der Waals surface area contributed by atoms with E-state index >= 15 is 0 Å². The summed E-state index contributed by atoms with van der Waals surface area (Å²) in [6.45, 7) is -1.31. The number of nitro benzene ring substituents is 1. The highest BCUT2D eigenvalue weighted by Crippen LogP contribution is 2.25. The first-order valence-corrected chi connectivity index (χ1v) is 3.65. The summed E-state index contributed by atoms with van der Waals surface area (Å²) in [6.07, 6.45) is 0. The fourth-order valence-electron chi connectivity index (χ4n) is 0.844. The number of benzene rings is 1. The number of hydrogen-bond acceptors (Lipinski definition) is 4. The van der Waals surface area contributed by atoms with Gasteiger partial charge in [0.2, 0.25) is 5.75 Å². The van der Waals surface area contributed by atoms with Crippen molar-refractivity contribution in [3.05, 3.63) is 34.4 Å². The largest absolute Gasteiger partial charge is 0.417 e. The molecule has 1 rings (SSSR count). The van der Waals surface area contributed by atoms with Gasteiger partial charge in [-0.25, -0.2) is 9.18 Å². The van der Waals surface area contributed by atoms with Crippen LogP contribution in [0.4, 0.5) is 10.1 Å². The third-order valence-electron chi connectivity index (χ3n) is 1.39. The SMILES string of the molecule is O=C(CF)Oc1ccccc1[N+](=O)[O-]. The average molecular weight is 199 g/mol. The first-order chi connectivity index (χ1) is 6.65. The van der Waals surface area contributed by atoms with Crippen LogP contribution in [0.25, 0.3) is 0 Å². The molecule has 0 aliphatic heterocycles. The van der Waals surface area contributed by atoms with Gasteiger partial charge in [0.25, 0.3) is 0 Å². The third-order valence-corrected chi connectivity index (χ3v) is 1.39. The molecule has 1 aromatic rings. The Kier molecular flexibility index (Phi) is 3.11. The first-order valence-electron chi connectivity index (χ1n) is 3.65. The summed E-state index contributed by atoms with van der Waals surface area (Å²) in [5, 5.41) is 10.4. The minimum Gasteiger partial charge on any atom is -0.417 e. The van der Waals surface area contributed by atoms with Crippen LogP contribution in [0.2, 0.25) is 0 Å². The molecule has 74 valence electrons. The van der Waals surface area contributed by atoms with E-state index in [-0.39, 0.29) is 11.4 Å². The molecule has 0 aliphatic carbocycles. The van der Waals surface area contributed by atoms with Crippen molar-refractivity contribution in [1.29, 1.82) is 0 Å². The summed E-state index contributed by atoms with van der Waals surface area (Å²) in [6, 6.07) is 5.27. The van der Waals surface area contributed by atoms with Gasteiger partial charge < -0.3 is 4.74 Å². The Morgan fingerprint density at radius 2 is 2.14 bits per heavy atom. The lowest BCUT2D eigenvalue weighted by Crippen LogP contribution is -2.10. The molecule has 1 aromatic carbocycles. The monoisotopic (exact) mass is 199 g/mol. The molecule has 0 saturated heterocycles. The van der Waals surface area contributed by atoms with Gasteiger partial charge in [0.15, 0.2) is 6.67 Å². The van der Waals surface area contributed by atoms with E-state index in [2.05, 4.69) is 4.74 Å². The summed E-state index contributed by atoms with van der Waals surface area (Å²) >= 11 is 0. The Bertz CT molecular complexity index is 366. The number of halogens is 1. The Balaban J connectivity index is 2.95. The number of hydrogen-bond donors (Lipinski definition) is 0. The fraction of sp³-hybridized carbons (Fsp3) is 0.125. The van der Waals surface area contributed by atoms with Crippen LogP contribution >= 0.6 is 0 Å². The zero-order chi connectivity index (χ0) is 10.6. The van der Waals surface area contributed by atoms with Gasteiger partial charge in [0, 0.05) is 6.07 Å². The second-order valence-corrected chi connectivity index (χ2v) is 2.33. The molecule has 0 bridgehead atoms. The van der Waals surface area contributed by atoms with Crippen molar-refractivity contribution < 1.29 is 18.8 Å². The number of alkyl halides is 1. The maximum absolute atomic E-state index is 11.8. The molecule has 0 unspecified atom stereocenters. The van der Waals surface area contributed by atoms with Crippen molar-refractivity contribution in [1.82, 2.24) is 0 Å². The Morgan fingerprint density at radius 1 is 1.50 bits per heavy atom. The van der Waals surface area contributed by atoms with E-state index in [1.165, 1.54) is 24.3 Å². The molecule has 14 heavy (non-hydrogen) atoms. The van der Waals surface area contributed by atoms with Crippen molar-refractivity contribution >= 4 is 11.7 Å². The molecule has 0 saturated carbocycles. The average Bonchev–Trinajstić information content (AvgIpc) is 2.18. The molecule has 0 fully saturated rings. The summed E-state index contributed by atoms with van der Waals surface area (Å²) in [5.41, 5.74) is -0.366. The van der Waals surface area contributed by atoms with Crippen LogP contribution in [0.5, 0.6) is 5.75 Å². The first kappa shape index (κ1) is 10.1. The van der Waals surface area contributed by atoms with Gasteiger partial charge in [-0.1, -0.05) is 12.1 Å². The number of carbonyl (C=O) groups excluding carboxylic acids is 1. The van der Waals surface area contributed by atoms with Gasteiger partial charge in [-0.05, 0) is 6.07 Å². The van der Waals surface area contributed by atoms with Crippen LogP contribution in [0, 0.1) is 10.1 Å². The summed E-state index contributed by atoms with van der Waals surface area (Å²) in [4.78, 5) is 20.2. The molecule has 6 heteroatoms. The highest BCUT2D eigenvalue weighted by Gasteiger charge is 2.16. The highest BCUT2D eigenvalue weighted by molar-refractivity contribution is 5.74. The van der Waals surface area contributed by atoms with Crippen LogP contribution in [-0.4, -0.2) is 17.6 Å². The zero-order valence-corrected chi connectivity index (χ0v) is 6.97. The minimum absolute atomic E-state index is 0.250. The lowest BCUT2D eigenvalue weighted by atomic mass is 10.3. The van der Waals surface area contributed by atoms with Crippen molar-refractivity contribution in [3.63, 3.8) is 0 Å². The molecule has 0 heterocycles. The molecule has 0 aromatic heterocycles. The van der Waals surface area contributed by atoms with Crippen molar-refractivity contribution in [2.24, 2.45) is 0 Å². The fourth-order valence-corrected chi connectivity index (χ4v) is 0.844. The highest BCUT2D eigenvalue weighted by atomic mass is 19.1. The molecule has 0 atom stereocenters. The van der Waals surface area contributed by atoms with Gasteiger partial charge >= 0.3 is 11.7 Å². The maximum Gasteiger partial charge on any atom is 0.343 e. The second-order valence-electron chi connectivity index (χ2n) is 2.33. The zero-order valence-electron chi connectivity index (χ0n) is 6.97. The number of rotatable bonds is 3. The second kappa shape index (κ2) is 4.31. The minimum atomic E-state index is -1.31. The molecule has 0 aliphatic rings. The molecule has 5 nitrogen and oxygen atoms in total. The maximum atomic E-state index is 11.8. The van der Waals surface area contributed by atoms with E-state index < -0.39 is 17.6 Å². The third kappa shape index (κ3) is 2.25. The molecule has 0 radical (unpaired) electrons. The van der Waals surface area contributed by atoms with Gasteiger partial charge in [-0.15, -0.1) is 0 Å². The van der Waals surface area contributed by atoms with Crippen molar-refractivity contribution in [2.45, 2.75) is 0 Å². The summed E-state index contributed by atoms with van der Waals surface area (Å²) in [7, 11) is 0. The summed E-state index contributed by atoms with van der Waals surface area (Å²) in [5.74, 6) is -1.40. The predicted octanol–water partition coefficient (Wildman–Crippen LogP) is 1.47. The van der Waals surface area contributed by atoms with E-state index in [0.717, 1.165) is 0 Å². The molecule has 0 amide bonds. The number of nitro groups is 1. The van der Waals surface area contributed by atoms with E-state index in [1.54, 1.807) is 0 Å². The van der Waals surface area contributed by atoms with Crippen LogP contribution < -0.4 is 4.74 Å². The summed E-state index contributed by atoms with van der Waals surface area (Å²) < 4.78 is 16.2. The molecule has 0 spiro atoms. The smallest absolute Gasteiger partial charge is 0.343 e. The number of carbonyl (C=O) groups is 1. The molecule has 0 N–H and O–H groups in total. The molecular formula is C8H6FNO4. The quantitative estimate of drug-likeness (QED) is 0.320. The van der Waals surface area contributed by atoms with E-state index in [0.29, 0.717) is 0 Å². The number of ether oxygens (including phenoxy) is 1. The topological polar surface area (TPSA) is 69.4 Å². The van der Waals surface area contributed by atoms with Crippen molar-refractivity contribution in [2.75, 3.05) is 6.67 Å². The van der Waals surface area contributed by atoms with Gasteiger partial charge in [-0.2, -0.15) is 0 Å². The lowest BCUT2D eigenvalue weighted by molar-refractivity contribution is -0.385. The Hall–Kier alpha value is -1.98. The molecular weight excluding hydrogens is 193 g/mol. The van der Waals surface area contributed by atoms with Gasteiger partial charge in [0.1, 0.15) is 0 Å². The Morgan fingerprint density at radius 3 is 2.71 bits per heavy atom. The number of para-hydroxylation sites is 2. The van der Waals surface area contributed by atoms with Crippen LogP contribution in [-0.2, 0) is 4.79 Å². The van der Waals surface area contributed by atoms with Gasteiger partial charge in [0.05, 0.1) is 4.92 Å². The number of esters is 1. The standard InChI is InChI=1S/C8H6FNO4/c9-5-8(11)14-7-4-2-1-3-6(7)10(12)13/h1-4H,5H2. The van der Waals surface area contributed by atoms with E-state index in [4.69, 9.17) is 0 Å². The number of nitrogens with zero attached hydrogens (tertiary/aromatic N) is 1. The van der Waals surface area contributed by atoms with E-state index in [1.807, 2.05) is 0 Å².